The Morgan fingerprint density at radius 2 is 2.38 bits per heavy atom. The number of benzene rings is 1. The van der Waals surface area contributed by atoms with Gasteiger partial charge in [-0.2, -0.15) is 0 Å². The smallest absolute Gasteiger partial charge is 0.375 e. The minimum absolute atomic E-state index is 0.234. The van der Waals surface area contributed by atoms with Crippen LogP contribution in [0, 0.1) is 0 Å². The van der Waals surface area contributed by atoms with Crippen molar-refractivity contribution in [1.82, 2.24) is 0 Å². The van der Waals surface area contributed by atoms with E-state index in [-0.39, 0.29) is 12.4 Å². The van der Waals surface area contributed by atoms with E-state index >= 15 is 0 Å². The number of ether oxygens (including phenoxy) is 1. The van der Waals surface area contributed by atoms with Gasteiger partial charge < -0.3 is 10.5 Å². The lowest BCUT2D eigenvalue weighted by Crippen LogP contribution is -2.27. The molecule has 0 saturated heterocycles. The van der Waals surface area contributed by atoms with Crippen LogP contribution in [0.25, 0.3) is 0 Å². The van der Waals surface area contributed by atoms with Gasteiger partial charge in [0.15, 0.2) is 0 Å². The third kappa shape index (κ3) is 3.78. The Hall–Kier alpha value is -1.75. The van der Waals surface area contributed by atoms with Crippen molar-refractivity contribution in [3.63, 3.8) is 0 Å². The van der Waals surface area contributed by atoms with Crippen molar-refractivity contribution in [3.05, 3.63) is 29.3 Å². The Morgan fingerprint density at radius 1 is 1.62 bits per heavy atom. The van der Waals surface area contributed by atoms with Crippen LogP contribution in [0.3, 0.4) is 0 Å². The maximum absolute atomic E-state index is 11.1. The van der Waals surface area contributed by atoms with Gasteiger partial charge >= 0.3 is 5.97 Å². The number of nitrogens with one attached hydrogen (secondary N) is 1. The Bertz CT molecular complexity index is 407. The lowest BCUT2D eigenvalue weighted by Gasteiger charge is -2.03. The van der Waals surface area contributed by atoms with E-state index in [2.05, 4.69) is 15.3 Å². The van der Waals surface area contributed by atoms with Gasteiger partial charge in [-0.1, -0.05) is 17.7 Å². The van der Waals surface area contributed by atoms with E-state index in [4.69, 9.17) is 17.3 Å². The van der Waals surface area contributed by atoms with Crippen LogP contribution in [0.4, 0.5) is 5.69 Å². The zero-order valence-corrected chi connectivity index (χ0v) is 9.49. The molecule has 6 heteroatoms. The Kier molecular flexibility index (Phi) is 4.60. The average molecular weight is 242 g/mol. The van der Waals surface area contributed by atoms with E-state index in [1.54, 1.807) is 31.2 Å². The molecule has 16 heavy (non-hydrogen) atoms. The number of hydrogen-bond acceptors (Lipinski definition) is 4. The number of rotatable bonds is 3. The van der Waals surface area contributed by atoms with Crippen molar-refractivity contribution in [2.75, 3.05) is 12.0 Å². The van der Waals surface area contributed by atoms with Gasteiger partial charge in [0.1, 0.15) is 0 Å². The fourth-order valence-electron chi connectivity index (χ4n) is 0.933. The van der Waals surface area contributed by atoms with Gasteiger partial charge in [0, 0.05) is 5.02 Å². The second-order valence-electron chi connectivity index (χ2n) is 2.84. The summed E-state index contributed by atoms with van der Waals surface area (Å²) in [6.07, 6.45) is 0. The topological polar surface area (TPSA) is 76.7 Å². The summed E-state index contributed by atoms with van der Waals surface area (Å²) in [4.78, 5) is 11.1. The van der Waals surface area contributed by atoms with E-state index in [0.29, 0.717) is 10.7 Å². The van der Waals surface area contributed by atoms with Crippen LogP contribution in [-0.4, -0.2) is 18.4 Å². The van der Waals surface area contributed by atoms with Gasteiger partial charge in [0.2, 0.25) is 5.84 Å². The van der Waals surface area contributed by atoms with Crippen molar-refractivity contribution >= 4 is 29.1 Å². The molecule has 0 radical (unpaired) electrons. The zero-order chi connectivity index (χ0) is 12.0. The molecule has 0 heterocycles. The molecule has 0 saturated carbocycles. The highest BCUT2D eigenvalue weighted by molar-refractivity contribution is 6.34. The van der Waals surface area contributed by atoms with Crippen LogP contribution in [0.1, 0.15) is 6.92 Å². The highest BCUT2D eigenvalue weighted by Gasteiger charge is 2.06. The van der Waals surface area contributed by atoms with E-state index in [1.165, 1.54) is 0 Å². The zero-order valence-electron chi connectivity index (χ0n) is 8.74. The number of hydrazone groups is 1. The Balaban J connectivity index is 2.62. The molecule has 0 aliphatic heterocycles. The number of carbonyl (C=O) groups is 1. The predicted molar refractivity (Wildman–Crippen MR) is 63.3 cm³/mol. The van der Waals surface area contributed by atoms with Crippen LogP contribution >= 0.6 is 11.6 Å². The third-order valence-corrected chi connectivity index (χ3v) is 1.85. The van der Waals surface area contributed by atoms with Crippen LogP contribution in [-0.2, 0) is 9.53 Å². The molecule has 5 nitrogen and oxygen atoms in total. The second kappa shape index (κ2) is 5.97. The largest absolute Gasteiger partial charge is 0.460 e. The van der Waals surface area contributed by atoms with Gasteiger partial charge in [-0.25, -0.2) is 4.79 Å². The number of nitrogens with two attached hydrogens (primary N) is 1. The molecular formula is C10H12ClN3O2. The molecule has 0 atom stereocenters. The monoisotopic (exact) mass is 241 g/mol. The summed E-state index contributed by atoms with van der Waals surface area (Å²) in [7, 11) is 0. The van der Waals surface area contributed by atoms with Crippen LogP contribution in [0.15, 0.2) is 29.4 Å². The standard InChI is InChI=1S/C10H12ClN3O2/c1-2-16-10(15)9(12)14-13-8-5-3-4-7(11)6-8/h3-6,13H,2H2,1H3,(H2,12,14). The maximum Gasteiger partial charge on any atom is 0.375 e. The van der Waals surface area contributed by atoms with Crippen LogP contribution in [0.2, 0.25) is 5.02 Å². The first-order valence-electron chi connectivity index (χ1n) is 4.65. The summed E-state index contributed by atoms with van der Waals surface area (Å²) in [6, 6.07) is 6.88. The quantitative estimate of drug-likeness (QED) is 0.365. The van der Waals surface area contributed by atoms with Gasteiger partial charge in [-0.15, -0.1) is 5.10 Å². The van der Waals surface area contributed by atoms with E-state index in [9.17, 15) is 4.79 Å². The van der Waals surface area contributed by atoms with Gasteiger partial charge in [0.05, 0.1) is 12.3 Å². The molecule has 0 aromatic heterocycles. The summed E-state index contributed by atoms with van der Waals surface area (Å²) in [5, 5.41) is 4.23. The first-order chi connectivity index (χ1) is 7.63. The highest BCUT2D eigenvalue weighted by Crippen LogP contribution is 2.14. The Labute approximate surface area is 98.2 Å². The van der Waals surface area contributed by atoms with Crippen LogP contribution in [0.5, 0.6) is 0 Å². The number of halogens is 1. The number of amidine groups is 1. The summed E-state index contributed by atoms with van der Waals surface area (Å²) < 4.78 is 4.66. The normalized spacial score (nSPS) is 11.0. The summed E-state index contributed by atoms with van der Waals surface area (Å²) >= 11 is 5.76. The van der Waals surface area contributed by atoms with Crippen molar-refractivity contribution in [1.29, 1.82) is 0 Å². The number of nitrogens with zero attached hydrogens (tertiary/aromatic N) is 1. The molecule has 0 spiro atoms. The number of anilines is 1. The van der Waals surface area contributed by atoms with Crippen molar-refractivity contribution in [2.45, 2.75) is 6.92 Å². The lowest BCUT2D eigenvalue weighted by molar-refractivity contribution is -0.135. The fourth-order valence-corrected chi connectivity index (χ4v) is 1.12. The lowest BCUT2D eigenvalue weighted by atomic mass is 10.3. The van der Waals surface area contributed by atoms with E-state index in [0.717, 1.165) is 0 Å². The highest BCUT2D eigenvalue weighted by atomic mass is 35.5. The van der Waals surface area contributed by atoms with Gasteiger partial charge in [-0.3, -0.25) is 5.43 Å². The molecule has 1 aromatic rings. The van der Waals surface area contributed by atoms with Crippen molar-refractivity contribution < 1.29 is 9.53 Å². The molecule has 0 unspecified atom stereocenters. The molecule has 0 amide bonds. The molecule has 3 N–H and O–H groups in total. The molecule has 1 rings (SSSR count). The predicted octanol–water partition coefficient (Wildman–Crippen LogP) is 1.59. The summed E-state index contributed by atoms with van der Waals surface area (Å²) in [5.41, 5.74) is 8.61. The molecular weight excluding hydrogens is 230 g/mol. The minimum atomic E-state index is -0.656. The summed E-state index contributed by atoms with van der Waals surface area (Å²) in [6.45, 7) is 1.95. The van der Waals surface area contributed by atoms with Gasteiger partial charge in [-0.05, 0) is 25.1 Å². The van der Waals surface area contributed by atoms with Gasteiger partial charge in [0.25, 0.3) is 0 Å². The third-order valence-electron chi connectivity index (χ3n) is 1.61. The summed E-state index contributed by atoms with van der Waals surface area (Å²) in [5.74, 6) is -0.890. The maximum atomic E-state index is 11.1. The second-order valence-corrected chi connectivity index (χ2v) is 3.28. The number of hydrogen-bond donors (Lipinski definition) is 2. The first-order valence-corrected chi connectivity index (χ1v) is 5.03. The molecule has 0 bridgehead atoms. The number of carbonyl (C=O) groups excluding carboxylic acids is 1. The molecule has 0 aliphatic carbocycles. The van der Waals surface area contributed by atoms with Crippen LogP contribution < -0.4 is 11.2 Å². The van der Waals surface area contributed by atoms with Crippen molar-refractivity contribution in [2.24, 2.45) is 10.8 Å². The number of esters is 1. The first kappa shape index (κ1) is 12.3. The fraction of sp³-hybridized carbons (Fsp3) is 0.200. The molecule has 1 aromatic carbocycles. The molecule has 0 aliphatic rings. The average Bonchev–Trinajstić information content (AvgIpc) is 2.26. The van der Waals surface area contributed by atoms with E-state index in [1.807, 2.05) is 0 Å². The SMILES string of the molecule is CCOC(=O)/C(N)=N/Nc1cccc(Cl)c1. The van der Waals surface area contributed by atoms with Crippen molar-refractivity contribution in [3.8, 4) is 0 Å². The molecule has 0 fully saturated rings. The minimum Gasteiger partial charge on any atom is -0.460 e. The van der Waals surface area contributed by atoms with E-state index < -0.39 is 5.97 Å². The Morgan fingerprint density at radius 3 is 3.00 bits per heavy atom. The molecule has 86 valence electrons.